The predicted molar refractivity (Wildman–Crippen MR) is 137 cm³/mol. The van der Waals surface area contributed by atoms with Crippen LogP contribution in [0.3, 0.4) is 0 Å². The van der Waals surface area contributed by atoms with E-state index in [9.17, 15) is 27.6 Å². The van der Waals surface area contributed by atoms with E-state index in [1.165, 1.54) is 24.1 Å². The molecule has 0 atom stereocenters. The number of anilines is 1. The van der Waals surface area contributed by atoms with E-state index in [4.69, 9.17) is 4.74 Å². The van der Waals surface area contributed by atoms with Crippen molar-refractivity contribution in [3.05, 3.63) is 76.3 Å². The first-order valence-electron chi connectivity index (χ1n) is 11.6. The Morgan fingerprint density at radius 3 is 2.42 bits per heavy atom. The molecule has 202 valence electrons. The molecular weight excluding hydrogens is 521 g/mol. The minimum Gasteiger partial charge on any atom is -0.497 e. The number of alkyl halides is 3. The van der Waals surface area contributed by atoms with E-state index in [0.29, 0.717) is 22.6 Å². The molecule has 0 aliphatic carbocycles. The first kappa shape index (κ1) is 28.6. The van der Waals surface area contributed by atoms with Gasteiger partial charge in [0.1, 0.15) is 12.3 Å². The van der Waals surface area contributed by atoms with Gasteiger partial charge >= 0.3 is 6.18 Å². The lowest BCUT2D eigenvalue weighted by atomic mass is 10.1. The number of hydrogen-bond donors (Lipinski definition) is 2. The lowest BCUT2D eigenvalue weighted by Gasteiger charge is -2.26. The highest BCUT2D eigenvalue weighted by Gasteiger charge is 2.30. The van der Waals surface area contributed by atoms with Gasteiger partial charge in [-0.15, -0.1) is 11.3 Å². The van der Waals surface area contributed by atoms with Gasteiger partial charge in [-0.3, -0.25) is 14.4 Å². The maximum atomic E-state index is 12.9. The minimum atomic E-state index is -4.46. The zero-order valence-corrected chi connectivity index (χ0v) is 21.8. The summed E-state index contributed by atoms with van der Waals surface area (Å²) in [7, 11) is 1.53. The van der Waals surface area contributed by atoms with Crippen molar-refractivity contribution < 1.29 is 32.3 Å². The number of rotatable bonds is 10. The SMILES string of the molecule is COc1ccc(C(=O)N(CC(=O)Nc2nc(CC(=O)NCc3cccc(C(F)(F)F)c3)cs2)C(C)C)cc1. The van der Waals surface area contributed by atoms with Crippen molar-refractivity contribution in [3.63, 3.8) is 0 Å². The van der Waals surface area contributed by atoms with E-state index in [0.717, 1.165) is 23.5 Å². The number of carbonyl (C=O) groups is 3. The summed E-state index contributed by atoms with van der Waals surface area (Å²) in [5.74, 6) is -0.577. The Labute approximate surface area is 221 Å². The number of nitrogens with one attached hydrogen (secondary N) is 2. The highest BCUT2D eigenvalue weighted by atomic mass is 32.1. The van der Waals surface area contributed by atoms with Gasteiger partial charge in [0.05, 0.1) is 24.8 Å². The molecule has 2 N–H and O–H groups in total. The van der Waals surface area contributed by atoms with Gasteiger partial charge in [-0.1, -0.05) is 12.1 Å². The molecule has 0 radical (unpaired) electrons. The molecule has 0 aliphatic heterocycles. The molecule has 2 aromatic carbocycles. The van der Waals surface area contributed by atoms with Crippen LogP contribution in [0.5, 0.6) is 5.75 Å². The molecule has 0 aliphatic rings. The van der Waals surface area contributed by atoms with Crippen LogP contribution in [-0.2, 0) is 28.7 Å². The molecule has 1 aromatic heterocycles. The van der Waals surface area contributed by atoms with Gasteiger partial charge < -0.3 is 20.3 Å². The Hall–Kier alpha value is -3.93. The molecule has 0 fully saturated rings. The number of amides is 3. The third-order valence-electron chi connectivity index (χ3n) is 5.42. The Bertz CT molecular complexity index is 1280. The number of halogens is 3. The summed E-state index contributed by atoms with van der Waals surface area (Å²) >= 11 is 1.12. The molecule has 0 saturated carbocycles. The second kappa shape index (κ2) is 12.5. The second-order valence-electron chi connectivity index (χ2n) is 8.60. The van der Waals surface area contributed by atoms with Crippen LogP contribution in [0.4, 0.5) is 18.3 Å². The number of ether oxygens (including phenoxy) is 1. The van der Waals surface area contributed by atoms with E-state index >= 15 is 0 Å². The first-order chi connectivity index (χ1) is 18.0. The molecule has 0 spiro atoms. The third-order valence-corrected chi connectivity index (χ3v) is 6.23. The van der Waals surface area contributed by atoms with Crippen molar-refractivity contribution in [3.8, 4) is 5.75 Å². The summed E-state index contributed by atoms with van der Waals surface area (Å²) in [4.78, 5) is 43.5. The van der Waals surface area contributed by atoms with Gasteiger partial charge in [0.25, 0.3) is 5.91 Å². The molecule has 1 heterocycles. The Balaban J connectivity index is 1.53. The molecule has 12 heteroatoms. The van der Waals surface area contributed by atoms with Crippen molar-refractivity contribution in [2.24, 2.45) is 0 Å². The van der Waals surface area contributed by atoms with Crippen LogP contribution < -0.4 is 15.4 Å². The lowest BCUT2D eigenvalue weighted by Crippen LogP contribution is -2.42. The Morgan fingerprint density at radius 2 is 1.79 bits per heavy atom. The Kier molecular flexibility index (Phi) is 9.45. The number of aromatic nitrogens is 1. The molecule has 3 rings (SSSR count). The van der Waals surface area contributed by atoms with Crippen molar-refractivity contribution in [1.29, 1.82) is 0 Å². The van der Waals surface area contributed by atoms with Gasteiger partial charge in [-0.05, 0) is 55.8 Å². The van der Waals surface area contributed by atoms with Gasteiger partial charge in [0, 0.05) is 23.5 Å². The molecule has 3 amide bonds. The number of methoxy groups -OCH3 is 1. The van der Waals surface area contributed by atoms with Gasteiger partial charge in [0.2, 0.25) is 11.8 Å². The van der Waals surface area contributed by atoms with Crippen LogP contribution in [0.1, 0.15) is 41.0 Å². The highest BCUT2D eigenvalue weighted by molar-refractivity contribution is 7.13. The number of benzene rings is 2. The van der Waals surface area contributed by atoms with Gasteiger partial charge in [-0.2, -0.15) is 13.2 Å². The zero-order valence-electron chi connectivity index (χ0n) is 21.0. The van der Waals surface area contributed by atoms with E-state index in [-0.39, 0.29) is 36.6 Å². The summed E-state index contributed by atoms with van der Waals surface area (Å²) in [6.07, 6.45) is -4.57. The highest BCUT2D eigenvalue weighted by Crippen LogP contribution is 2.29. The summed E-state index contributed by atoms with van der Waals surface area (Å²) in [5, 5.41) is 7.07. The minimum absolute atomic E-state index is 0.0657. The quantitative estimate of drug-likeness (QED) is 0.388. The number of hydrogen-bond acceptors (Lipinski definition) is 6. The zero-order chi connectivity index (χ0) is 27.9. The van der Waals surface area contributed by atoms with Gasteiger partial charge in [0.15, 0.2) is 5.13 Å². The van der Waals surface area contributed by atoms with Crippen LogP contribution in [0, 0.1) is 0 Å². The molecule has 0 saturated heterocycles. The molecule has 0 unspecified atom stereocenters. The average molecular weight is 549 g/mol. The van der Waals surface area contributed by atoms with E-state index in [2.05, 4.69) is 15.6 Å². The van der Waals surface area contributed by atoms with Crippen molar-refractivity contribution >= 4 is 34.2 Å². The van der Waals surface area contributed by atoms with E-state index in [1.54, 1.807) is 43.5 Å². The smallest absolute Gasteiger partial charge is 0.416 e. The topological polar surface area (TPSA) is 101 Å². The maximum absolute atomic E-state index is 12.9. The third kappa shape index (κ3) is 8.04. The largest absolute Gasteiger partial charge is 0.497 e. The summed E-state index contributed by atoms with van der Waals surface area (Å²) < 4.78 is 43.7. The fraction of sp³-hybridized carbons (Fsp3) is 0.308. The predicted octanol–water partition coefficient (Wildman–Crippen LogP) is 4.52. The molecule has 3 aromatic rings. The first-order valence-corrected chi connectivity index (χ1v) is 12.5. The maximum Gasteiger partial charge on any atom is 0.416 e. The molecule has 8 nitrogen and oxygen atoms in total. The normalized spacial score (nSPS) is 11.2. The van der Waals surface area contributed by atoms with Crippen molar-refractivity contribution in [2.45, 2.75) is 39.0 Å². The van der Waals surface area contributed by atoms with E-state index in [1.807, 2.05) is 0 Å². The van der Waals surface area contributed by atoms with E-state index < -0.39 is 23.6 Å². The van der Waals surface area contributed by atoms with Crippen LogP contribution in [0.2, 0.25) is 0 Å². The van der Waals surface area contributed by atoms with Crippen molar-refractivity contribution in [1.82, 2.24) is 15.2 Å². The average Bonchev–Trinajstić information content (AvgIpc) is 3.31. The fourth-order valence-electron chi connectivity index (χ4n) is 3.43. The second-order valence-corrected chi connectivity index (χ2v) is 9.46. The number of carbonyl (C=O) groups excluding carboxylic acids is 3. The summed E-state index contributed by atoms with van der Waals surface area (Å²) in [5.41, 5.74) is 0.339. The fourth-order valence-corrected chi connectivity index (χ4v) is 4.16. The van der Waals surface area contributed by atoms with Crippen LogP contribution >= 0.6 is 11.3 Å². The lowest BCUT2D eigenvalue weighted by molar-refractivity contribution is -0.137. The number of nitrogens with zero attached hydrogens (tertiary/aromatic N) is 2. The molecular formula is C26H27F3N4O4S. The standard InChI is InChI=1S/C26H27F3N4O4S/c1-16(2)33(24(36)18-7-9-21(37-3)10-8-18)14-23(35)32-25-31-20(15-38-25)12-22(34)30-13-17-5-4-6-19(11-17)26(27,28)29/h4-11,15-16H,12-14H2,1-3H3,(H,30,34)(H,31,32,35). The van der Waals surface area contributed by atoms with Crippen LogP contribution in [0.15, 0.2) is 53.9 Å². The number of thiazole rings is 1. The van der Waals surface area contributed by atoms with Crippen LogP contribution in [0.25, 0.3) is 0 Å². The van der Waals surface area contributed by atoms with Crippen LogP contribution in [-0.4, -0.2) is 47.3 Å². The summed E-state index contributed by atoms with van der Waals surface area (Å²) in [6, 6.07) is 11.1. The Morgan fingerprint density at radius 1 is 1.08 bits per heavy atom. The molecule has 0 bridgehead atoms. The van der Waals surface area contributed by atoms with Gasteiger partial charge in [-0.25, -0.2) is 4.98 Å². The molecule has 38 heavy (non-hydrogen) atoms. The summed E-state index contributed by atoms with van der Waals surface area (Å²) in [6.45, 7) is 3.33. The van der Waals surface area contributed by atoms with Crippen molar-refractivity contribution in [2.75, 3.05) is 19.0 Å². The monoisotopic (exact) mass is 548 g/mol.